The summed E-state index contributed by atoms with van der Waals surface area (Å²) in [4.78, 5) is 36.0. The first-order valence-corrected chi connectivity index (χ1v) is 11.1. The Labute approximate surface area is 192 Å². The van der Waals surface area contributed by atoms with Gasteiger partial charge in [0.2, 0.25) is 5.91 Å². The lowest BCUT2D eigenvalue weighted by atomic mass is 10.0. The Hall–Kier alpha value is -3.52. The summed E-state index contributed by atoms with van der Waals surface area (Å²) in [7, 11) is 0. The number of benzene rings is 2. The monoisotopic (exact) mass is 453 g/mol. The van der Waals surface area contributed by atoms with E-state index in [1.54, 1.807) is 48.0 Å². The van der Waals surface area contributed by atoms with Gasteiger partial charge in [0.25, 0.3) is 11.8 Å². The average molecular weight is 454 g/mol. The van der Waals surface area contributed by atoms with Gasteiger partial charge in [0, 0.05) is 30.1 Å². The van der Waals surface area contributed by atoms with E-state index in [-0.39, 0.29) is 24.3 Å². The highest BCUT2D eigenvalue weighted by atomic mass is 19.1. The summed E-state index contributed by atoms with van der Waals surface area (Å²) in [6.45, 7) is 0.478. The first-order valence-electron chi connectivity index (χ1n) is 11.1. The predicted octanol–water partition coefficient (Wildman–Crippen LogP) is 3.44. The quantitative estimate of drug-likeness (QED) is 0.137. The molecule has 0 aromatic heterocycles. The first-order chi connectivity index (χ1) is 16.0. The minimum atomic E-state index is -0.418. The van der Waals surface area contributed by atoms with Gasteiger partial charge < -0.3 is 10.6 Å². The van der Waals surface area contributed by atoms with E-state index in [0.717, 1.165) is 31.2 Å². The van der Waals surface area contributed by atoms with Gasteiger partial charge in [-0.15, -0.1) is 0 Å². The summed E-state index contributed by atoms with van der Waals surface area (Å²) in [5, 5.41) is 14.2. The van der Waals surface area contributed by atoms with E-state index in [1.807, 2.05) is 0 Å². The highest BCUT2D eigenvalue weighted by Gasteiger charge is 2.25. The van der Waals surface area contributed by atoms with E-state index in [0.29, 0.717) is 29.7 Å². The third-order valence-corrected chi connectivity index (χ3v) is 5.27. The third kappa shape index (κ3) is 7.84. The molecule has 3 rings (SSSR count). The molecule has 3 amide bonds. The number of carbonyl (C=O) groups excluding carboxylic acids is 3. The zero-order valence-electron chi connectivity index (χ0n) is 18.3. The molecule has 174 valence electrons. The molecule has 33 heavy (non-hydrogen) atoms. The number of amides is 3. The molecule has 0 spiro atoms. The Balaban J connectivity index is 1.60. The van der Waals surface area contributed by atoms with Crippen molar-refractivity contribution in [3.63, 3.8) is 0 Å². The van der Waals surface area contributed by atoms with Crippen molar-refractivity contribution in [2.75, 3.05) is 6.54 Å². The van der Waals surface area contributed by atoms with Gasteiger partial charge in [-0.2, -0.15) is 0 Å². The zero-order valence-corrected chi connectivity index (χ0v) is 18.3. The van der Waals surface area contributed by atoms with Gasteiger partial charge in [-0.25, -0.2) is 9.87 Å². The van der Waals surface area contributed by atoms with Crippen molar-refractivity contribution in [3.8, 4) is 0 Å². The van der Waals surface area contributed by atoms with E-state index < -0.39 is 11.7 Å². The molecule has 1 aliphatic carbocycles. The van der Waals surface area contributed by atoms with Crippen LogP contribution in [0.5, 0.6) is 0 Å². The van der Waals surface area contributed by atoms with Crippen molar-refractivity contribution in [1.29, 1.82) is 0 Å². The summed E-state index contributed by atoms with van der Waals surface area (Å²) < 4.78 is 13.7. The molecule has 0 bridgehead atoms. The van der Waals surface area contributed by atoms with E-state index >= 15 is 0 Å². The summed E-state index contributed by atoms with van der Waals surface area (Å²) >= 11 is 0. The molecule has 0 radical (unpaired) electrons. The van der Waals surface area contributed by atoms with E-state index in [1.165, 1.54) is 12.1 Å². The van der Waals surface area contributed by atoms with Crippen LogP contribution in [-0.4, -0.2) is 35.5 Å². The lowest BCUT2D eigenvalue weighted by Crippen LogP contribution is -2.26. The molecule has 4 N–H and O–H groups in total. The Morgan fingerprint density at radius 1 is 1.00 bits per heavy atom. The van der Waals surface area contributed by atoms with Crippen molar-refractivity contribution < 1.29 is 24.0 Å². The van der Waals surface area contributed by atoms with Crippen molar-refractivity contribution in [2.45, 2.75) is 44.6 Å². The second kappa shape index (κ2) is 11.9. The lowest BCUT2D eigenvalue weighted by Gasteiger charge is -2.10. The lowest BCUT2D eigenvalue weighted by molar-refractivity contribution is -0.129. The number of hydrogen-bond acceptors (Lipinski definition) is 4. The second-order valence-corrected chi connectivity index (χ2v) is 8.04. The summed E-state index contributed by atoms with van der Waals surface area (Å²) in [5.74, 6) is -1.29. The molecule has 1 aliphatic rings. The average Bonchev–Trinajstić information content (AvgIpc) is 3.63. The number of hydroxylamine groups is 1. The molecule has 1 fully saturated rings. The molecular weight excluding hydrogens is 425 g/mol. The SMILES string of the molecule is O=C(CCCCCNC(=O)c1ccc(/C=C(\C(=O)NC2CC2)c2cccc(F)c2)cc1)NO. The zero-order chi connectivity index (χ0) is 23.6. The Kier molecular flexibility index (Phi) is 8.71. The maximum Gasteiger partial charge on any atom is 0.252 e. The maximum absolute atomic E-state index is 13.7. The van der Waals surface area contributed by atoms with E-state index in [9.17, 15) is 18.8 Å². The summed E-state index contributed by atoms with van der Waals surface area (Å²) in [5.41, 5.74) is 3.66. The van der Waals surface area contributed by atoms with Gasteiger partial charge in [-0.1, -0.05) is 30.7 Å². The van der Waals surface area contributed by atoms with Gasteiger partial charge >= 0.3 is 0 Å². The van der Waals surface area contributed by atoms with E-state index in [4.69, 9.17) is 5.21 Å². The summed E-state index contributed by atoms with van der Waals surface area (Å²) in [6, 6.07) is 12.9. The topological polar surface area (TPSA) is 108 Å². The second-order valence-electron chi connectivity index (χ2n) is 8.04. The Morgan fingerprint density at radius 3 is 2.42 bits per heavy atom. The van der Waals surface area contributed by atoms with E-state index in [2.05, 4.69) is 10.6 Å². The molecule has 0 unspecified atom stereocenters. The fraction of sp³-hybridized carbons (Fsp3) is 0.320. The number of halogens is 1. The minimum Gasteiger partial charge on any atom is -0.352 e. The van der Waals surface area contributed by atoms with Crippen LogP contribution in [0.25, 0.3) is 11.6 Å². The fourth-order valence-electron chi connectivity index (χ4n) is 3.27. The molecule has 0 atom stereocenters. The van der Waals surface area contributed by atoms with Crippen LogP contribution in [0.1, 0.15) is 60.0 Å². The predicted molar refractivity (Wildman–Crippen MR) is 123 cm³/mol. The van der Waals surface area contributed by atoms with Crippen molar-refractivity contribution in [2.24, 2.45) is 0 Å². The first kappa shape index (κ1) is 24.1. The molecule has 0 aliphatic heterocycles. The molecule has 0 heterocycles. The molecule has 7 nitrogen and oxygen atoms in total. The van der Waals surface area contributed by atoms with Crippen LogP contribution in [0.4, 0.5) is 4.39 Å². The Morgan fingerprint density at radius 2 is 1.76 bits per heavy atom. The number of rotatable bonds is 11. The number of nitrogens with one attached hydrogen (secondary N) is 3. The fourth-order valence-corrected chi connectivity index (χ4v) is 3.27. The van der Waals surface area contributed by atoms with Gasteiger partial charge in [0.15, 0.2) is 0 Å². The van der Waals surface area contributed by atoms with Crippen LogP contribution >= 0.6 is 0 Å². The Bertz CT molecular complexity index is 1020. The van der Waals surface area contributed by atoms with Gasteiger partial charge in [-0.3, -0.25) is 19.6 Å². The molecule has 0 saturated heterocycles. The van der Waals surface area contributed by atoms with Gasteiger partial charge in [0.1, 0.15) is 5.82 Å². The highest BCUT2D eigenvalue weighted by molar-refractivity contribution is 6.24. The molecule has 2 aromatic carbocycles. The van der Waals surface area contributed by atoms with Crippen LogP contribution in [-0.2, 0) is 9.59 Å². The van der Waals surface area contributed by atoms with Gasteiger partial charge in [-0.05, 0) is 67.2 Å². The van der Waals surface area contributed by atoms with Crippen LogP contribution < -0.4 is 16.1 Å². The number of unbranched alkanes of at least 4 members (excludes halogenated alkanes) is 2. The molecule has 2 aromatic rings. The van der Waals surface area contributed by atoms with Crippen LogP contribution in [0.2, 0.25) is 0 Å². The minimum absolute atomic E-state index is 0.173. The van der Waals surface area contributed by atoms with Gasteiger partial charge in [0.05, 0.1) is 0 Å². The summed E-state index contributed by atoms with van der Waals surface area (Å²) in [6.07, 6.45) is 5.94. The highest BCUT2D eigenvalue weighted by Crippen LogP contribution is 2.24. The molecule has 8 heteroatoms. The van der Waals surface area contributed by atoms with Crippen LogP contribution in [0.3, 0.4) is 0 Å². The maximum atomic E-state index is 13.7. The molecular formula is C25H28FN3O4. The van der Waals surface area contributed by atoms with Crippen molar-refractivity contribution in [3.05, 3.63) is 71.0 Å². The number of carbonyl (C=O) groups is 3. The van der Waals surface area contributed by atoms with Crippen molar-refractivity contribution >= 4 is 29.4 Å². The largest absolute Gasteiger partial charge is 0.352 e. The van der Waals surface area contributed by atoms with Crippen LogP contribution in [0, 0.1) is 5.82 Å². The normalized spacial score (nSPS) is 13.3. The molecule has 1 saturated carbocycles. The smallest absolute Gasteiger partial charge is 0.252 e. The van der Waals surface area contributed by atoms with Crippen LogP contribution in [0.15, 0.2) is 48.5 Å². The standard InChI is InChI=1S/C25H28FN3O4/c26-20-6-4-5-19(16-20)22(25(32)28-21-12-13-21)15-17-8-10-18(11-9-17)24(31)27-14-3-1-2-7-23(30)29-33/h4-6,8-11,15-16,21,33H,1-3,7,12-14H2,(H,27,31)(H,28,32)(H,29,30)/b22-15-. The third-order valence-electron chi connectivity index (χ3n) is 5.27. The number of hydrogen-bond donors (Lipinski definition) is 4. The van der Waals surface area contributed by atoms with Crippen molar-refractivity contribution in [1.82, 2.24) is 16.1 Å².